The second kappa shape index (κ2) is 6.54. The van der Waals surface area contributed by atoms with Crippen LogP contribution in [0.4, 0.5) is 11.4 Å². The molecule has 2 fully saturated rings. The standard InChI is InChI=1S/C16H25N3O2/c1-20-16-11-13(4-5-15(16)17)19-6-2-3-14(12-19)18-7-9-21-10-8-18/h4-5,11,14H,2-3,6-10,12,17H2,1H3. The van der Waals surface area contributed by atoms with Gasteiger partial charge in [0.1, 0.15) is 5.75 Å². The summed E-state index contributed by atoms with van der Waals surface area (Å²) >= 11 is 0. The van der Waals surface area contributed by atoms with E-state index >= 15 is 0 Å². The van der Waals surface area contributed by atoms with Crippen LogP contribution in [0.5, 0.6) is 5.75 Å². The zero-order valence-corrected chi connectivity index (χ0v) is 12.8. The molecule has 2 N–H and O–H groups in total. The summed E-state index contributed by atoms with van der Waals surface area (Å²) in [6, 6.07) is 6.72. The number of piperidine rings is 1. The van der Waals surface area contributed by atoms with Crippen molar-refractivity contribution in [1.29, 1.82) is 0 Å². The molecule has 1 unspecified atom stereocenters. The van der Waals surface area contributed by atoms with Crippen LogP contribution in [0.3, 0.4) is 0 Å². The highest BCUT2D eigenvalue weighted by molar-refractivity contribution is 5.62. The quantitative estimate of drug-likeness (QED) is 0.857. The number of methoxy groups -OCH3 is 1. The number of anilines is 2. The Labute approximate surface area is 126 Å². The topological polar surface area (TPSA) is 51.0 Å². The molecule has 2 saturated heterocycles. The number of benzene rings is 1. The van der Waals surface area contributed by atoms with Crippen molar-refractivity contribution >= 4 is 11.4 Å². The summed E-state index contributed by atoms with van der Waals surface area (Å²) in [4.78, 5) is 5.02. The Balaban J connectivity index is 1.70. The number of nitrogens with two attached hydrogens (primary N) is 1. The van der Waals surface area contributed by atoms with Gasteiger partial charge in [0.2, 0.25) is 0 Å². The average molecular weight is 291 g/mol. The molecule has 0 spiro atoms. The molecule has 5 heteroatoms. The molecule has 0 bridgehead atoms. The maximum atomic E-state index is 5.91. The van der Waals surface area contributed by atoms with Crippen molar-refractivity contribution < 1.29 is 9.47 Å². The summed E-state index contributed by atoms with van der Waals surface area (Å²) < 4.78 is 10.8. The van der Waals surface area contributed by atoms with Gasteiger partial charge in [-0.15, -0.1) is 0 Å². The molecule has 2 heterocycles. The highest BCUT2D eigenvalue weighted by Crippen LogP contribution is 2.30. The summed E-state index contributed by atoms with van der Waals surface area (Å²) in [5.74, 6) is 0.765. The van der Waals surface area contributed by atoms with Crippen LogP contribution in [0.2, 0.25) is 0 Å². The van der Waals surface area contributed by atoms with Crippen LogP contribution in [0, 0.1) is 0 Å². The minimum absolute atomic E-state index is 0.631. The van der Waals surface area contributed by atoms with E-state index < -0.39 is 0 Å². The normalized spacial score (nSPS) is 24.0. The Kier molecular flexibility index (Phi) is 4.51. The van der Waals surface area contributed by atoms with Gasteiger partial charge in [-0.1, -0.05) is 0 Å². The van der Waals surface area contributed by atoms with Crippen molar-refractivity contribution in [2.75, 3.05) is 57.1 Å². The average Bonchev–Trinajstić information content (AvgIpc) is 2.56. The van der Waals surface area contributed by atoms with E-state index in [0.29, 0.717) is 11.7 Å². The fraction of sp³-hybridized carbons (Fsp3) is 0.625. The third-order valence-electron chi connectivity index (χ3n) is 4.54. The maximum absolute atomic E-state index is 5.91. The summed E-state index contributed by atoms with van der Waals surface area (Å²) in [6.07, 6.45) is 2.51. The van der Waals surface area contributed by atoms with E-state index in [4.69, 9.17) is 15.2 Å². The number of nitrogen functional groups attached to an aromatic ring is 1. The highest BCUT2D eigenvalue weighted by atomic mass is 16.5. The van der Waals surface area contributed by atoms with E-state index in [-0.39, 0.29) is 0 Å². The van der Waals surface area contributed by atoms with Crippen molar-refractivity contribution in [2.24, 2.45) is 0 Å². The molecule has 0 saturated carbocycles. The van der Waals surface area contributed by atoms with Crippen LogP contribution >= 0.6 is 0 Å². The van der Waals surface area contributed by atoms with Gasteiger partial charge in [-0.05, 0) is 25.0 Å². The van der Waals surface area contributed by atoms with E-state index in [1.54, 1.807) is 7.11 Å². The van der Waals surface area contributed by atoms with Crippen LogP contribution in [-0.4, -0.2) is 57.4 Å². The number of hydrogen-bond donors (Lipinski definition) is 1. The van der Waals surface area contributed by atoms with E-state index in [1.165, 1.54) is 18.5 Å². The molecule has 0 aromatic heterocycles. The number of nitrogens with zero attached hydrogens (tertiary/aromatic N) is 2. The van der Waals surface area contributed by atoms with Crippen molar-refractivity contribution in [3.05, 3.63) is 18.2 Å². The van der Waals surface area contributed by atoms with Gasteiger partial charge in [0, 0.05) is 44.0 Å². The smallest absolute Gasteiger partial charge is 0.143 e. The molecule has 1 aromatic carbocycles. The number of morpholine rings is 1. The number of ether oxygens (including phenoxy) is 2. The zero-order chi connectivity index (χ0) is 14.7. The van der Waals surface area contributed by atoms with E-state index in [2.05, 4.69) is 21.9 Å². The third kappa shape index (κ3) is 3.24. The van der Waals surface area contributed by atoms with E-state index in [1.807, 2.05) is 6.07 Å². The molecule has 0 amide bonds. The first-order valence-corrected chi connectivity index (χ1v) is 7.78. The molecule has 0 radical (unpaired) electrons. The van der Waals surface area contributed by atoms with Crippen LogP contribution < -0.4 is 15.4 Å². The molecule has 0 aliphatic carbocycles. The lowest BCUT2D eigenvalue weighted by molar-refractivity contribution is 0.0137. The minimum Gasteiger partial charge on any atom is -0.495 e. The Bertz CT molecular complexity index is 475. The maximum Gasteiger partial charge on any atom is 0.143 e. The van der Waals surface area contributed by atoms with E-state index in [9.17, 15) is 0 Å². The van der Waals surface area contributed by atoms with E-state index in [0.717, 1.165) is 45.1 Å². The summed E-state index contributed by atoms with van der Waals surface area (Å²) in [7, 11) is 1.67. The van der Waals surface area contributed by atoms with Gasteiger partial charge in [-0.2, -0.15) is 0 Å². The van der Waals surface area contributed by atoms with Gasteiger partial charge in [0.15, 0.2) is 0 Å². The molecular weight excluding hydrogens is 266 g/mol. The van der Waals surface area contributed by atoms with Gasteiger partial charge in [-0.3, -0.25) is 4.90 Å². The molecule has 21 heavy (non-hydrogen) atoms. The zero-order valence-electron chi connectivity index (χ0n) is 12.8. The predicted molar refractivity (Wildman–Crippen MR) is 85.0 cm³/mol. The third-order valence-corrected chi connectivity index (χ3v) is 4.54. The van der Waals surface area contributed by atoms with Gasteiger partial charge >= 0.3 is 0 Å². The Morgan fingerprint density at radius 1 is 1.24 bits per heavy atom. The largest absolute Gasteiger partial charge is 0.495 e. The van der Waals surface area contributed by atoms with Gasteiger partial charge in [0.05, 0.1) is 26.0 Å². The van der Waals surface area contributed by atoms with Crippen LogP contribution in [0.15, 0.2) is 18.2 Å². The Morgan fingerprint density at radius 2 is 2.05 bits per heavy atom. The Morgan fingerprint density at radius 3 is 2.81 bits per heavy atom. The van der Waals surface area contributed by atoms with Crippen LogP contribution in [0.1, 0.15) is 12.8 Å². The molecule has 1 aromatic rings. The molecular formula is C16H25N3O2. The molecule has 2 aliphatic heterocycles. The minimum atomic E-state index is 0.631. The van der Waals surface area contributed by atoms with Crippen molar-refractivity contribution in [2.45, 2.75) is 18.9 Å². The molecule has 116 valence electrons. The van der Waals surface area contributed by atoms with Crippen molar-refractivity contribution in [1.82, 2.24) is 4.90 Å². The molecule has 3 rings (SSSR count). The van der Waals surface area contributed by atoms with Gasteiger partial charge in [-0.25, -0.2) is 0 Å². The highest BCUT2D eigenvalue weighted by Gasteiger charge is 2.26. The number of hydrogen-bond acceptors (Lipinski definition) is 5. The molecule has 2 aliphatic rings. The lowest BCUT2D eigenvalue weighted by Crippen LogP contribution is -2.51. The first kappa shape index (κ1) is 14.5. The second-order valence-electron chi connectivity index (χ2n) is 5.82. The number of rotatable bonds is 3. The first-order chi connectivity index (χ1) is 10.3. The van der Waals surface area contributed by atoms with Crippen molar-refractivity contribution in [3.8, 4) is 5.75 Å². The first-order valence-electron chi connectivity index (χ1n) is 7.78. The van der Waals surface area contributed by atoms with Crippen molar-refractivity contribution in [3.63, 3.8) is 0 Å². The lowest BCUT2D eigenvalue weighted by atomic mass is 10.0. The second-order valence-corrected chi connectivity index (χ2v) is 5.82. The summed E-state index contributed by atoms with van der Waals surface area (Å²) in [5, 5.41) is 0. The van der Waals surface area contributed by atoms with Gasteiger partial charge in [0.25, 0.3) is 0 Å². The van der Waals surface area contributed by atoms with Gasteiger partial charge < -0.3 is 20.1 Å². The predicted octanol–water partition coefficient (Wildman–Crippen LogP) is 1.58. The summed E-state index contributed by atoms with van der Waals surface area (Å²) in [5.41, 5.74) is 7.81. The summed E-state index contributed by atoms with van der Waals surface area (Å²) in [6.45, 7) is 6.03. The Hall–Kier alpha value is -1.46. The molecule has 5 nitrogen and oxygen atoms in total. The fourth-order valence-electron chi connectivity index (χ4n) is 3.33. The molecule has 1 atom stereocenters. The van der Waals surface area contributed by atoms with Crippen LogP contribution in [-0.2, 0) is 4.74 Å². The lowest BCUT2D eigenvalue weighted by Gasteiger charge is -2.41. The fourth-order valence-corrected chi connectivity index (χ4v) is 3.33. The van der Waals surface area contributed by atoms with Crippen LogP contribution in [0.25, 0.3) is 0 Å². The monoisotopic (exact) mass is 291 g/mol. The SMILES string of the molecule is COc1cc(N2CCCC(N3CCOCC3)C2)ccc1N.